The molecule has 7 nitrogen and oxygen atoms in total. The maximum absolute atomic E-state index is 13.2. The maximum atomic E-state index is 13.2. The van der Waals surface area contributed by atoms with Gasteiger partial charge >= 0.3 is 17.5 Å². The summed E-state index contributed by atoms with van der Waals surface area (Å²) in [5, 5.41) is 2.59. The fourth-order valence-electron chi connectivity index (χ4n) is 4.28. The summed E-state index contributed by atoms with van der Waals surface area (Å²) >= 11 is 5.59. The van der Waals surface area contributed by atoms with Crippen molar-refractivity contribution in [3.63, 3.8) is 0 Å². The first-order valence-electron chi connectivity index (χ1n) is 11.1. The molecule has 1 aliphatic carbocycles. The average Bonchev–Trinajstić information content (AvgIpc) is 2.69. The van der Waals surface area contributed by atoms with Crippen molar-refractivity contribution < 1.29 is 28.6 Å². The van der Waals surface area contributed by atoms with Crippen molar-refractivity contribution >= 4 is 29.1 Å². The van der Waals surface area contributed by atoms with E-state index < -0.39 is 29.3 Å². The molecule has 1 aromatic rings. The molecule has 1 N–H and O–H groups in total. The summed E-state index contributed by atoms with van der Waals surface area (Å²) in [7, 11) is 0. The molecule has 178 valence electrons. The van der Waals surface area contributed by atoms with Crippen molar-refractivity contribution in [3.8, 4) is 0 Å². The summed E-state index contributed by atoms with van der Waals surface area (Å²) < 4.78 is 16.6. The Morgan fingerprint density at radius 1 is 1.09 bits per heavy atom. The zero-order valence-corrected chi connectivity index (χ0v) is 20.2. The molecule has 0 aliphatic heterocycles. The second kappa shape index (κ2) is 11.5. The van der Waals surface area contributed by atoms with Crippen molar-refractivity contribution in [1.29, 1.82) is 0 Å². The molecule has 32 heavy (non-hydrogen) atoms. The van der Waals surface area contributed by atoms with E-state index >= 15 is 0 Å². The fraction of sp³-hybridized carbons (Fsp3) is 0.625. The first-order valence-corrected chi connectivity index (χ1v) is 11.5. The molecule has 4 atom stereocenters. The summed E-state index contributed by atoms with van der Waals surface area (Å²) in [5.41, 5.74) is -0.191. The Kier molecular flexibility index (Phi) is 9.37. The highest BCUT2D eigenvalue weighted by Gasteiger charge is 2.52. The van der Waals surface area contributed by atoms with E-state index in [0.717, 1.165) is 18.4 Å². The number of carbonyl (C=O) groups excluding carboxylic acids is 3. The van der Waals surface area contributed by atoms with Gasteiger partial charge in [0.25, 0.3) is 5.79 Å². The number of carbonyl (C=O) groups is 3. The van der Waals surface area contributed by atoms with Crippen LogP contribution in [0.3, 0.4) is 0 Å². The normalized spacial score (nSPS) is 24.0. The van der Waals surface area contributed by atoms with Gasteiger partial charge < -0.3 is 19.5 Å². The highest BCUT2D eigenvalue weighted by atomic mass is 35.5. The standard InChI is InChI=1S/C24H34ClNO6/c1-15(2)19-12-11-17(5)13-24(19,32-22(25)28)31-21(27)20(16(3)4)26-23(29)30-14-18-9-7-6-8-10-18/h6-10,15-17,19-20H,11-14H2,1-5H3,(H,26,29). The lowest BCUT2D eigenvalue weighted by molar-refractivity contribution is -0.252. The Morgan fingerprint density at radius 2 is 1.75 bits per heavy atom. The fourth-order valence-corrected chi connectivity index (χ4v) is 4.41. The number of alkyl carbamates (subject to hydrolysis) is 1. The second-order valence-corrected chi connectivity index (χ2v) is 9.55. The van der Waals surface area contributed by atoms with Crippen LogP contribution in [0.4, 0.5) is 9.59 Å². The smallest absolute Gasteiger partial charge is 0.408 e. The van der Waals surface area contributed by atoms with Crippen molar-refractivity contribution in [2.75, 3.05) is 0 Å². The summed E-state index contributed by atoms with van der Waals surface area (Å²) in [6, 6.07) is 8.25. The van der Waals surface area contributed by atoms with Crippen molar-refractivity contribution in [1.82, 2.24) is 5.32 Å². The molecule has 0 spiro atoms. The van der Waals surface area contributed by atoms with Crippen LogP contribution in [0.15, 0.2) is 30.3 Å². The average molecular weight is 468 g/mol. The summed E-state index contributed by atoms with van der Waals surface area (Å²) in [4.78, 5) is 37.3. The Hall–Kier alpha value is -2.28. The molecule has 0 aromatic heterocycles. The molecule has 0 radical (unpaired) electrons. The molecule has 0 saturated heterocycles. The Bertz CT molecular complexity index is 784. The number of nitrogens with one attached hydrogen (secondary N) is 1. The van der Waals surface area contributed by atoms with Gasteiger partial charge in [0, 0.05) is 23.9 Å². The van der Waals surface area contributed by atoms with Gasteiger partial charge in [-0.25, -0.2) is 14.4 Å². The van der Waals surface area contributed by atoms with E-state index in [9.17, 15) is 14.4 Å². The minimum Gasteiger partial charge on any atom is -0.445 e. The van der Waals surface area contributed by atoms with Crippen molar-refractivity contribution in [3.05, 3.63) is 35.9 Å². The first kappa shape index (κ1) is 26.0. The lowest BCUT2D eigenvalue weighted by Crippen LogP contribution is -2.55. The quantitative estimate of drug-likeness (QED) is 0.302. The second-order valence-electron chi connectivity index (χ2n) is 9.24. The number of ether oxygens (including phenoxy) is 3. The maximum Gasteiger partial charge on any atom is 0.408 e. The summed E-state index contributed by atoms with van der Waals surface area (Å²) in [6.07, 6.45) is 1.28. The van der Waals surface area contributed by atoms with E-state index in [2.05, 4.69) is 5.32 Å². The predicted molar refractivity (Wildman–Crippen MR) is 121 cm³/mol. The van der Waals surface area contributed by atoms with Gasteiger partial charge in [0.05, 0.1) is 0 Å². The SMILES string of the molecule is CC1CCC(C(C)C)C(OC(=O)Cl)(OC(=O)C(NC(=O)OCc2ccccc2)C(C)C)C1. The molecule has 1 aromatic carbocycles. The largest absolute Gasteiger partial charge is 0.445 e. The third-order valence-electron chi connectivity index (χ3n) is 5.91. The predicted octanol–water partition coefficient (Wildman–Crippen LogP) is 5.64. The molecule has 1 fully saturated rings. The van der Waals surface area contributed by atoms with Gasteiger partial charge in [-0.3, -0.25) is 0 Å². The van der Waals surface area contributed by atoms with Crippen LogP contribution in [-0.4, -0.2) is 29.3 Å². The van der Waals surface area contributed by atoms with Crippen molar-refractivity contribution in [2.45, 2.75) is 72.3 Å². The van der Waals surface area contributed by atoms with Crippen LogP contribution >= 0.6 is 11.6 Å². The van der Waals surface area contributed by atoms with E-state index in [1.807, 2.05) is 51.1 Å². The zero-order chi connectivity index (χ0) is 23.9. The molecular formula is C24H34ClNO6. The molecule has 8 heteroatoms. The Labute approximate surface area is 195 Å². The van der Waals surface area contributed by atoms with Gasteiger partial charge in [0.1, 0.15) is 12.6 Å². The molecule has 1 saturated carbocycles. The number of hydrogen-bond donors (Lipinski definition) is 1. The molecular weight excluding hydrogens is 434 g/mol. The molecule has 0 heterocycles. The van der Waals surface area contributed by atoms with Crippen LogP contribution < -0.4 is 5.32 Å². The van der Waals surface area contributed by atoms with Crippen LogP contribution in [0, 0.1) is 23.7 Å². The van der Waals surface area contributed by atoms with Crippen LogP contribution in [0.2, 0.25) is 0 Å². The lowest BCUT2D eigenvalue weighted by Gasteiger charge is -2.46. The van der Waals surface area contributed by atoms with Gasteiger partial charge in [-0.1, -0.05) is 65.0 Å². The minimum atomic E-state index is -1.47. The highest BCUT2D eigenvalue weighted by Crippen LogP contribution is 2.45. The Morgan fingerprint density at radius 3 is 2.31 bits per heavy atom. The number of rotatable bonds is 8. The monoisotopic (exact) mass is 467 g/mol. The van der Waals surface area contributed by atoms with Gasteiger partial charge in [-0.15, -0.1) is 0 Å². The van der Waals surface area contributed by atoms with E-state index in [1.165, 1.54) is 0 Å². The third-order valence-corrected chi connectivity index (χ3v) is 5.98. The molecule has 1 amide bonds. The topological polar surface area (TPSA) is 90.9 Å². The molecule has 1 aliphatic rings. The van der Waals surface area contributed by atoms with Crippen molar-refractivity contribution in [2.24, 2.45) is 23.7 Å². The van der Waals surface area contributed by atoms with E-state index in [1.54, 1.807) is 13.8 Å². The van der Waals surface area contributed by atoms with E-state index in [0.29, 0.717) is 6.42 Å². The number of benzene rings is 1. The Balaban J connectivity index is 2.15. The molecule has 2 rings (SSSR count). The van der Waals surface area contributed by atoms with Gasteiger partial charge in [-0.2, -0.15) is 0 Å². The molecule has 4 unspecified atom stereocenters. The minimum absolute atomic E-state index is 0.0767. The third kappa shape index (κ3) is 7.12. The lowest BCUT2D eigenvalue weighted by atomic mass is 9.72. The van der Waals surface area contributed by atoms with Gasteiger partial charge in [0.2, 0.25) is 0 Å². The number of amides is 1. The highest BCUT2D eigenvalue weighted by molar-refractivity contribution is 6.61. The van der Waals surface area contributed by atoms with Crippen LogP contribution in [0.1, 0.15) is 59.4 Å². The number of halogens is 1. The van der Waals surface area contributed by atoms with Gasteiger partial charge in [-0.05, 0) is 36.2 Å². The number of hydrogen-bond acceptors (Lipinski definition) is 6. The number of esters is 1. The van der Waals surface area contributed by atoms with Crippen LogP contribution in [0.5, 0.6) is 0 Å². The zero-order valence-electron chi connectivity index (χ0n) is 19.4. The van der Waals surface area contributed by atoms with E-state index in [-0.39, 0.29) is 30.3 Å². The molecule has 0 bridgehead atoms. The first-order chi connectivity index (χ1) is 15.0. The summed E-state index contributed by atoms with van der Waals surface area (Å²) in [5.74, 6) is -2.38. The van der Waals surface area contributed by atoms with E-state index in [4.69, 9.17) is 25.8 Å². The van der Waals surface area contributed by atoms with Gasteiger partial charge in [0.15, 0.2) is 0 Å². The van der Waals surface area contributed by atoms with Crippen LogP contribution in [0.25, 0.3) is 0 Å². The van der Waals surface area contributed by atoms with Crippen LogP contribution in [-0.2, 0) is 25.6 Å². The summed E-state index contributed by atoms with van der Waals surface area (Å²) in [6.45, 7) is 9.64.